The predicted octanol–water partition coefficient (Wildman–Crippen LogP) is 3.85. The van der Waals surface area contributed by atoms with Gasteiger partial charge in [0.05, 0.1) is 11.9 Å². The van der Waals surface area contributed by atoms with Crippen LogP contribution in [0.15, 0.2) is 47.2 Å². The van der Waals surface area contributed by atoms with Crippen molar-refractivity contribution in [2.24, 2.45) is 0 Å². The molecule has 2 aromatic carbocycles. The van der Waals surface area contributed by atoms with Crippen molar-refractivity contribution in [3.63, 3.8) is 0 Å². The van der Waals surface area contributed by atoms with E-state index in [0.717, 1.165) is 53.2 Å². The second-order valence-corrected chi connectivity index (χ2v) is 6.96. The molecule has 1 N–H and O–H groups in total. The van der Waals surface area contributed by atoms with Crippen LogP contribution in [0.5, 0.6) is 0 Å². The van der Waals surface area contributed by atoms with Crippen LogP contribution in [0.3, 0.4) is 0 Å². The van der Waals surface area contributed by atoms with Gasteiger partial charge >= 0.3 is 0 Å². The monoisotopic (exact) mass is 381 g/mol. The summed E-state index contributed by atoms with van der Waals surface area (Å²) in [5.74, 6) is -1.22. The number of rotatable bonds is 4. The molecule has 1 atom stereocenters. The van der Waals surface area contributed by atoms with E-state index >= 15 is 0 Å². The minimum Gasteiger partial charge on any atom is -0.306 e. The van der Waals surface area contributed by atoms with E-state index in [1.165, 1.54) is 12.1 Å². The van der Waals surface area contributed by atoms with Crippen LogP contribution in [0.25, 0.3) is 16.7 Å². The summed E-state index contributed by atoms with van der Waals surface area (Å²) < 4.78 is 33.7. The maximum Gasteiger partial charge on any atom is 0.139 e. The van der Waals surface area contributed by atoms with Gasteiger partial charge in [-0.15, -0.1) is 0 Å². The number of hydrogen-bond acceptors (Lipinski definition) is 5. The maximum absolute atomic E-state index is 13.6. The Morgan fingerprint density at radius 3 is 2.86 bits per heavy atom. The van der Waals surface area contributed by atoms with Crippen LogP contribution < -0.4 is 5.32 Å². The van der Waals surface area contributed by atoms with Gasteiger partial charge < -0.3 is 5.32 Å². The third-order valence-electron chi connectivity index (χ3n) is 5.18. The standard InChI is InChI=1S/C20H17F2N5O/c21-13-7-14(22)9-15(8-13)27-19-6-2-4-17(16(19)11-24-27)23-10-12-3-1-5-18-20(12)26-28-25-18/h1,3,5,7-9,11,17,23H,2,4,6,10H2/t17-/m1/s1. The molecule has 0 fully saturated rings. The number of benzene rings is 2. The Hall–Kier alpha value is -3.13. The molecule has 142 valence electrons. The van der Waals surface area contributed by atoms with Crippen LogP contribution >= 0.6 is 0 Å². The van der Waals surface area contributed by atoms with Crippen LogP contribution in [-0.2, 0) is 13.0 Å². The second kappa shape index (κ2) is 6.79. The normalized spacial score (nSPS) is 16.4. The van der Waals surface area contributed by atoms with E-state index in [0.29, 0.717) is 12.2 Å². The fraction of sp³-hybridized carbons (Fsp3) is 0.250. The molecule has 2 aromatic heterocycles. The lowest BCUT2D eigenvalue weighted by Gasteiger charge is -2.24. The van der Waals surface area contributed by atoms with E-state index in [1.54, 1.807) is 10.9 Å². The van der Waals surface area contributed by atoms with E-state index < -0.39 is 11.6 Å². The van der Waals surface area contributed by atoms with Gasteiger partial charge in [-0.1, -0.05) is 12.1 Å². The summed E-state index contributed by atoms with van der Waals surface area (Å²) in [5.41, 5.74) is 4.92. The molecule has 5 rings (SSSR count). The summed E-state index contributed by atoms with van der Waals surface area (Å²) in [7, 11) is 0. The van der Waals surface area contributed by atoms with Gasteiger partial charge in [0.2, 0.25) is 0 Å². The summed E-state index contributed by atoms with van der Waals surface area (Å²) >= 11 is 0. The molecule has 0 aliphatic heterocycles. The van der Waals surface area contributed by atoms with Gasteiger partial charge in [0.25, 0.3) is 0 Å². The van der Waals surface area contributed by atoms with Gasteiger partial charge in [-0.25, -0.2) is 18.1 Å². The van der Waals surface area contributed by atoms with E-state index in [-0.39, 0.29) is 6.04 Å². The number of nitrogens with one attached hydrogen (secondary N) is 1. The highest BCUT2D eigenvalue weighted by atomic mass is 19.1. The first-order chi connectivity index (χ1) is 13.7. The van der Waals surface area contributed by atoms with Crippen LogP contribution in [0.1, 0.15) is 35.7 Å². The number of fused-ring (bicyclic) bond motifs is 2. The Morgan fingerprint density at radius 2 is 2.00 bits per heavy atom. The van der Waals surface area contributed by atoms with Gasteiger partial charge in [-0.05, 0) is 53.3 Å². The summed E-state index contributed by atoms with van der Waals surface area (Å²) in [5, 5.41) is 15.8. The highest BCUT2D eigenvalue weighted by molar-refractivity contribution is 5.76. The molecule has 0 saturated heterocycles. The van der Waals surface area contributed by atoms with Crippen molar-refractivity contribution in [1.82, 2.24) is 25.4 Å². The maximum atomic E-state index is 13.6. The SMILES string of the molecule is Fc1cc(F)cc(-n2ncc3c2CCC[C@H]3NCc2cccc3nonc23)c1. The van der Waals surface area contributed by atoms with Crippen molar-refractivity contribution in [2.75, 3.05) is 0 Å². The molecule has 0 saturated carbocycles. The van der Waals surface area contributed by atoms with Crippen molar-refractivity contribution in [1.29, 1.82) is 0 Å². The average Bonchev–Trinajstić information content (AvgIpc) is 3.32. The first-order valence-electron chi connectivity index (χ1n) is 9.16. The van der Waals surface area contributed by atoms with Gasteiger partial charge in [0.1, 0.15) is 22.7 Å². The topological polar surface area (TPSA) is 68.8 Å². The van der Waals surface area contributed by atoms with Crippen molar-refractivity contribution in [2.45, 2.75) is 31.8 Å². The minimum absolute atomic E-state index is 0.103. The van der Waals surface area contributed by atoms with Gasteiger partial charge in [0.15, 0.2) is 0 Å². The van der Waals surface area contributed by atoms with Crippen molar-refractivity contribution in [3.05, 3.63) is 71.1 Å². The fourth-order valence-corrected chi connectivity index (χ4v) is 3.89. The highest BCUT2D eigenvalue weighted by Gasteiger charge is 2.25. The Morgan fingerprint density at radius 1 is 1.14 bits per heavy atom. The first kappa shape index (κ1) is 17.0. The largest absolute Gasteiger partial charge is 0.306 e. The molecule has 0 amide bonds. The summed E-state index contributed by atoms with van der Waals surface area (Å²) in [6, 6.07) is 9.33. The molecule has 4 aromatic rings. The van der Waals surface area contributed by atoms with Crippen molar-refractivity contribution < 1.29 is 13.4 Å². The lowest BCUT2D eigenvalue weighted by Crippen LogP contribution is -2.25. The number of nitrogens with zero attached hydrogens (tertiary/aromatic N) is 4. The van der Waals surface area contributed by atoms with Gasteiger partial charge in [-0.3, -0.25) is 0 Å². The van der Waals surface area contributed by atoms with E-state index in [9.17, 15) is 8.78 Å². The van der Waals surface area contributed by atoms with Crippen molar-refractivity contribution in [3.8, 4) is 5.69 Å². The van der Waals surface area contributed by atoms with E-state index in [2.05, 4.69) is 20.7 Å². The summed E-state index contributed by atoms with van der Waals surface area (Å²) in [4.78, 5) is 0. The number of halogens is 2. The molecular weight excluding hydrogens is 364 g/mol. The zero-order chi connectivity index (χ0) is 19.1. The molecule has 1 aliphatic carbocycles. The molecule has 6 nitrogen and oxygen atoms in total. The van der Waals surface area contributed by atoms with Crippen LogP contribution in [0, 0.1) is 11.6 Å². The molecule has 1 aliphatic rings. The molecule has 28 heavy (non-hydrogen) atoms. The van der Waals surface area contributed by atoms with E-state index in [1.807, 2.05) is 18.2 Å². The Labute approximate surface area is 159 Å². The molecule has 0 unspecified atom stereocenters. The Kier molecular flexibility index (Phi) is 4.12. The third kappa shape index (κ3) is 2.95. The smallest absolute Gasteiger partial charge is 0.139 e. The molecule has 0 spiro atoms. The van der Waals surface area contributed by atoms with Gasteiger partial charge in [-0.2, -0.15) is 5.10 Å². The lowest BCUT2D eigenvalue weighted by molar-refractivity contribution is 0.315. The Balaban J connectivity index is 1.42. The molecule has 0 bridgehead atoms. The third-order valence-corrected chi connectivity index (χ3v) is 5.18. The van der Waals surface area contributed by atoms with Crippen molar-refractivity contribution >= 4 is 11.0 Å². The first-order valence-corrected chi connectivity index (χ1v) is 9.16. The molecular formula is C20H17F2N5O. The molecule has 2 heterocycles. The van der Waals surface area contributed by atoms with Crippen LogP contribution in [0.2, 0.25) is 0 Å². The minimum atomic E-state index is -0.612. The molecule has 8 heteroatoms. The zero-order valence-corrected chi connectivity index (χ0v) is 14.9. The van der Waals surface area contributed by atoms with Gasteiger partial charge in [0, 0.05) is 29.9 Å². The highest BCUT2D eigenvalue weighted by Crippen LogP contribution is 2.32. The summed E-state index contributed by atoms with van der Waals surface area (Å²) in [6.07, 6.45) is 4.52. The summed E-state index contributed by atoms with van der Waals surface area (Å²) in [6.45, 7) is 0.607. The zero-order valence-electron chi connectivity index (χ0n) is 14.9. The Bertz CT molecular complexity index is 1130. The second-order valence-electron chi connectivity index (χ2n) is 6.96. The van der Waals surface area contributed by atoms with Crippen LogP contribution in [0.4, 0.5) is 8.78 Å². The van der Waals surface area contributed by atoms with Crippen LogP contribution in [-0.4, -0.2) is 20.1 Å². The molecule has 0 radical (unpaired) electrons. The lowest BCUT2D eigenvalue weighted by atomic mass is 9.92. The number of hydrogen-bond donors (Lipinski definition) is 1. The average molecular weight is 381 g/mol. The quantitative estimate of drug-likeness (QED) is 0.581. The predicted molar refractivity (Wildman–Crippen MR) is 97.8 cm³/mol. The number of aromatic nitrogens is 4. The van der Waals surface area contributed by atoms with E-state index in [4.69, 9.17) is 4.63 Å². The fourth-order valence-electron chi connectivity index (χ4n) is 3.89.